The van der Waals surface area contributed by atoms with E-state index in [2.05, 4.69) is 21.2 Å². The van der Waals surface area contributed by atoms with Crippen molar-refractivity contribution in [2.75, 3.05) is 0 Å². The van der Waals surface area contributed by atoms with Gasteiger partial charge in [-0.15, -0.1) is 0 Å². The molecule has 2 aliphatic rings. The first-order chi connectivity index (χ1) is 13.1. The summed E-state index contributed by atoms with van der Waals surface area (Å²) < 4.78 is 6.70. The number of nitriles is 1. The lowest BCUT2D eigenvalue weighted by Crippen LogP contribution is -2.44. The van der Waals surface area contributed by atoms with Crippen molar-refractivity contribution in [3.63, 3.8) is 0 Å². The Morgan fingerprint density at radius 1 is 1.44 bits per heavy atom. The quantitative estimate of drug-likeness (QED) is 0.714. The van der Waals surface area contributed by atoms with E-state index < -0.39 is 5.56 Å². The molecule has 1 saturated carbocycles. The minimum Gasteiger partial charge on any atom is -0.447 e. The number of aryl methyl sites for hydroxylation is 1. The van der Waals surface area contributed by atoms with Crippen LogP contribution in [0, 0.1) is 17.2 Å². The molecule has 9 nitrogen and oxygen atoms in total. The van der Waals surface area contributed by atoms with Crippen molar-refractivity contribution < 1.29 is 9.21 Å². The van der Waals surface area contributed by atoms with E-state index in [0.717, 1.165) is 25.0 Å². The first-order valence-electron chi connectivity index (χ1n) is 8.88. The van der Waals surface area contributed by atoms with Crippen molar-refractivity contribution in [2.45, 2.75) is 37.4 Å². The molecular weight excluding hydrogens is 348 g/mol. The van der Waals surface area contributed by atoms with Crippen molar-refractivity contribution in [3.05, 3.63) is 52.1 Å². The number of aromatic nitrogens is 2. The van der Waals surface area contributed by atoms with Crippen LogP contribution in [0.25, 0.3) is 0 Å². The molecule has 3 N–H and O–H groups in total. The summed E-state index contributed by atoms with van der Waals surface area (Å²) in [5, 5.41) is 12.1. The van der Waals surface area contributed by atoms with Crippen LogP contribution in [-0.2, 0) is 7.05 Å². The van der Waals surface area contributed by atoms with Crippen molar-refractivity contribution in [3.8, 4) is 6.07 Å². The van der Waals surface area contributed by atoms with Crippen molar-refractivity contribution in [1.82, 2.24) is 25.7 Å². The minimum atomic E-state index is -0.410. The van der Waals surface area contributed by atoms with Crippen LogP contribution in [0.3, 0.4) is 0 Å². The fourth-order valence-corrected chi connectivity index (χ4v) is 4.03. The monoisotopic (exact) mass is 368 g/mol. The smallest absolute Gasteiger partial charge is 0.268 e. The summed E-state index contributed by atoms with van der Waals surface area (Å²) in [6.45, 7) is 0. The zero-order valence-electron chi connectivity index (χ0n) is 14.8. The lowest BCUT2D eigenvalue weighted by atomic mass is 9.78. The first-order valence-corrected chi connectivity index (χ1v) is 8.88. The number of rotatable bonds is 3. The Hall–Kier alpha value is -2.96. The van der Waals surface area contributed by atoms with E-state index in [1.54, 1.807) is 6.20 Å². The van der Waals surface area contributed by atoms with Gasteiger partial charge in [0, 0.05) is 31.2 Å². The van der Waals surface area contributed by atoms with Gasteiger partial charge < -0.3 is 14.3 Å². The van der Waals surface area contributed by atoms with E-state index in [-0.39, 0.29) is 29.5 Å². The molecular formula is C18H20N6O3. The summed E-state index contributed by atoms with van der Waals surface area (Å²) in [6, 6.07) is 3.52. The number of hydrogen-bond acceptors (Lipinski definition) is 7. The zero-order valence-corrected chi connectivity index (χ0v) is 14.8. The van der Waals surface area contributed by atoms with Gasteiger partial charge in [-0.25, -0.2) is 10.4 Å². The largest absolute Gasteiger partial charge is 0.447 e. The highest BCUT2D eigenvalue weighted by molar-refractivity contribution is 5.94. The van der Waals surface area contributed by atoms with Crippen LogP contribution in [0.2, 0.25) is 0 Å². The third-order valence-corrected chi connectivity index (χ3v) is 5.41. The van der Waals surface area contributed by atoms with E-state index in [1.807, 2.05) is 6.07 Å². The molecule has 1 aliphatic carbocycles. The summed E-state index contributed by atoms with van der Waals surface area (Å²) in [4.78, 5) is 28.5. The Morgan fingerprint density at radius 2 is 2.30 bits per heavy atom. The van der Waals surface area contributed by atoms with Gasteiger partial charge in [0.1, 0.15) is 17.4 Å². The topological polar surface area (TPSA) is 125 Å². The van der Waals surface area contributed by atoms with Gasteiger partial charge in [-0.1, -0.05) is 0 Å². The molecule has 0 radical (unpaired) electrons. The lowest BCUT2D eigenvalue weighted by molar-refractivity contribution is 0.0913. The Kier molecular flexibility index (Phi) is 4.51. The highest BCUT2D eigenvalue weighted by Crippen LogP contribution is 2.37. The fourth-order valence-electron chi connectivity index (χ4n) is 4.03. The van der Waals surface area contributed by atoms with Crippen LogP contribution in [0.15, 0.2) is 34.1 Å². The molecule has 0 spiro atoms. The number of nitrogens with one attached hydrogen (secondary N) is 3. The zero-order chi connectivity index (χ0) is 19.0. The van der Waals surface area contributed by atoms with Gasteiger partial charge in [-0.3, -0.25) is 15.0 Å². The molecule has 2 aromatic rings. The van der Waals surface area contributed by atoms with Gasteiger partial charge in [0.15, 0.2) is 6.39 Å². The normalized spacial score (nSPS) is 27.0. The number of nitrogens with zero attached hydrogens (tertiary/aromatic N) is 3. The first kappa shape index (κ1) is 17.5. The highest BCUT2D eigenvalue weighted by Gasteiger charge is 2.42. The third kappa shape index (κ3) is 3.25. The summed E-state index contributed by atoms with van der Waals surface area (Å²) in [6.07, 6.45) is 7.14. The second-order valence-electron chi connectivity index (χ2n) is 7.09. The minimum absolute atomic E-state index is 0.00800. The summed E-state index contributed by atoms with van der Waals surface area (Å²) in [5.41, 5.74) is 6.43. The second kappa shape index (κ2) is 6.98. The van der Waals surface area contributed by atoms with Crippen LogP contribution < -0.4 is 21.7 Å². The Labute approximate surface area is 155 Å². The maximum absolute atomic E-state index is 12.7. The molecule has 3 heterocycles. The third-order valence-electron chi connectivity index (χ3n) is 5.41. The van der Waals surface area contributed by atoms with E-state index >= 15 is 0 Å². The number of amides is 1. The second-order valence-corrected chi connectivity index (χ2v) is 7.09. The van der Waals surface area contributed by atoms with Gasteiger partial charge in [-0.2, -0.15) is 5.26 Å². The van der Waals surface area contributed by atoms with Gasteiger partial charge >= 0.3 is 0 Å². The van der Waals surface area contributed by atoms with Gasteiger partial charge in [-0.05, 0) is 25.3 Å². The van der Waals surface area contributed by atoms with Crippen LogP contribution in [0.5, 0.6) is 0 Å². The van der Waals surface area contributed by atoms with Gasteiger partial charge in [0.25, 0.3) is 11.5 Å². The predicted octanol–water partition coefficient (Wildman–Crippen LogP) is 0.361. The molecule has 4 unspecified atom stereocenters. The molecule has 1 saturated heterocycles. The molecule has 2 aromatic heterocycles. The Morgan fingerprint density at radius 3 is 3.04 bits per heavy atom. The molecule has 1 aliphatic heterocycles. The number of carbonyl (C=O) groups excluding carboxylic acids is 1. The molecule has 140 valence electrons. The summed E-state index contributed by atoms with van der Waals surface area (Å²) in [7, 11) is 1.53. The lowest BCUT2D eigenvalue weighted by Gasteiger charge is -2.33. The van der Waals surface area contributed by atoms with Crippen LogP contribution in [-0.4, -0.2) is 27.5 Å². The number of oxazole rings is 1. The molecule has 1 amide bonds. The van der Waals surface area contributed by atoms with E-state index in [0.29, 0.717) is 11.6 Å². The number of carbonyl (C=O) groups is 1. The maximum Gasteiger partial charge on any atom is 0.268 e. The predicted molar refractivity (Wildman–Crippen MR) is 94.3 cm³/mol. The maximum atomic E-state index is 12.7. The molecule has 2 fully saturated rings. The average molecular weight is 368 g/mol. The van der Waals surface area contributed by atoms with Crippen LogP contribution in [0.4, 0.5) is 0 Å². The Balaban J connectivity index is 1.47. The van der Waals surface area contributed by atoms with Crippen LogP contribution in [0.1, 0.15) is 47.0 Å². The van der Waals surface area contributed by atoms with Crippen molar-refractivity contribution in [1.29, 1.82) is 5.26 Å². The van der Waals surface area contributed by atoms with Gasteiger partial charge in [0.2, 0.25) is 0 Å². The standard InChI is InChI=1S/C18H20N6O3/c1-24-8-11(4-10(6-19)18(24)26)17(25)21-12-2-3-14-13(5-12)16(23-22-14)15-7-20-9-27-15/h4,7-9,12-14,16,22-23H,2-3,5H2,1H3,(H,21,25). The molecule has 9 heteroatoms. The highest BCUT2D eigenvalue weighted by atomic mass is 16.3. The van der Waals surface area contributed by atoms with E-state index in [1.165, 1.54) is 30.3 Å². The van der Waals surface area contributed by atoms with E-state index in [4.69, 9.17) is 9.68 Å². The molecule has 0 aromatic carbocycles. The number of hydrazine groups is 1. The SMILES string of the molecule is Cn1cc(C(=O)NC2CCC3NNC(c4cnco4)C3C2)cc(C#N)c1=O. The molecule has 4 atom stereocenters. The number of pyridine rings is 1. The Bertz CT molecular complexity index is 945. The van der Waals surface area contributed by atoms with Crippen molar-refractivity contribution >= 4 is 5.91 Å². The molecule has 0 bridgehead atoms. The van der Waals surface area contributed by atoms with Gasteiger partial charge in [0.05, 0.1) is 17.8 Å². The summed E-state index contributed by atoms with van der Waals surface area (Å²) >= 11 is 0. The molecule has 27 heavy (non-hydrogen) atoms. The van der Waals surface area contributed by atoms with E-state index in [9.17, 15) is 9.59 Å². The summed E-state index contributed by atoms with van der Waals surface area (Å²) in [5.74, 6) is 0.770. The average Bonchev–Trinajstić information content (AvgIpc) is 3.32. The fraction of sp³-hybridized carbons (Fsp3) is 0.444. The number of hydrogen-bond donors (Lipinski definition) is 3. The number of fused-ring (bicyclic) bond motifs is 1. The molecule has 4 rings (SSSR count). The van der Waals surface area contributed by atoms with Crippen LogP contribution >= 0.6 is 0 Å². The van der Waals surface area contributed by atoms with Crippen molar-refractivity contribution in [2.24, 2.45) is 13.0 Å².